The number of nitrogens with zero attached hydrogens (tertiary/aromatic N) is 1. The zero-order valence-electron chi connectivity index (χ0n) is 16.5. The molecule has 30 heavy (non-hydrogen) atoms. The molecular formula is C25H23FN2O2. The van der Waals surface area contributed by atoms with E-state index in [-0.39, 0.29) is 36.3 Å². The molecule has 0 spiro atoms. The molecular weight excluding hydrogens is 379 g/mol. The summed E-state index contributed by atoms with van der Waals surface area (Å²) in [6.45, 7) is 0.633. The number of carbonyl (C=O) groups is 1. The van der Waals surface area contributed by atoms with Crippen molar-refractivity contribution in [2.75, 3.05) is 18.5 Å². The summed E-state index contributed by atoms with van der Waals surface area (Å²) in [4.78, 5) is 15.2. The third-order valence-electron chi connectivity index (χ3n) is 6.34. The number of fused-ring (bicyclic) bond motifs is 3. The van der Waals surface area contributed by atoms with Crippen molar-refractivity contribution in [1.82, 2.24) is 4.90 Å². The molecule has 1 fully saturated rings. The Balaban J connectivity index is 1.59. The van der Waals surface area contributed by atoms with Gasteiger partial charge in [0.05, 0.1) is 18.7 Å². The van der Waals surface area contributed by atoms with Crippen LogP contribution in [0.2, 0.25) is 0 Å². The van der Waals surface area contributed by atoms with E-state index in [0.717, 1.165) is 23.2 Å². The summed E-state index contributed by atoms with van der Waals surface area (Å²) in [5, 5.41) is 13.4. The highest BCUT2D eigenvalue weighted by atomic mass is 19.1. The van der Waals surface area contributed by atoms with Gasteiger partial charge in [0.15, 0.2) is 0 Å². The van der Waals surface area contributed by atoms with E-state index in [1.54, 1.807) is 12.1 Å². The van der Waals surface area contributed by atoms with Crippen molar-refractivity contribution < 1.29 is 14.3 Å². The van der Waals surface area contributed by atoms with Crippen molar-refractivity contribution >= 4 is 11.6 Å². The summed E-state index contributed by atoms with van der Waals surface area (Å²) in [5.41, 5.74) is 3.85. The number of nitrogens with one attached hydrogen (secondary N) is 1. The summed E-state index contributed by atoms with van der Waals surface area (Å²) in [6.07, 6.45) is 0.810. The Morgan fingerprint density at radius 3 is 2.60 bits per heavy atom. The van der Waals surface area contributed by atoms with E-state index in [4.69, 9.17) is 0 Å². The van der Waals surface area contributed by atoms with Crippen molar-refractivity contribution in [3.63, 3.8) is 0 Å². The molecule has 0 unspecified atom stereocenters. The van der Waals surface area contributed by atoms with Gasteiger partial charge in [-0.2, -0.15) is 0 Å². The Morgan fingerprint density at radius 1 is 1.07 bits per heavy atom. The number of rotatable bonds is 3. The van der Waals surface area contributed by atoms with Gasteiger partial charge < -0.3 is 15.3 Å². The number of benzene rings is 3. The summed E-state index contributed by atoms with van der Waals surface area (Å²) >= 11 is 0. The molecule has 0 bridgehead atoms. The lowest BCUT2D eigenvalue weighted by atomic mass is 9.82. The van der Waals surface area contributed by atoms with Crippen LogP contribution in [0.1, 0.15) is 28.4 Å². The topological polar surface area (TPSA) is 52.6 Å². The van der Waals surface area contributed by atoms with Gasteiger partial charge in [-0.15, -0.1) is 0 Å². The van der Waals surface area contributed by atoms with Crippen LogP contribution in [0.15, 0.2) is 72.8 Å². The summed E-state index contributed by atoms with van der Waals surface area (Å²) in [7, 11) is 0. The van der Waals surface area contributed by atoms with Crippen LogP contribution >= 0.6 is 0 Å². The van der Waals surface area contributed by atoms with Crippen LogP contribution in [0, 0.1) is 11.7 Å². The standard InChI is InChI=1S/C25H23FN2O2/c26-21-9-5-4-8-18(21)17-10-11-22-20(14-17)24-19(23(15-29)27-22)12-13-28(24)25(30)16-6-2-1-3-7-16/h1-11,14,19,23-24,27,29H,12-13,15H2/t19-,23-,24-/m1/s1. The Bertz CT molecular complexity index is 1090. The van der Waals surface area contributed by atoms with Gasteiger partial charge in [0.25, 0.3) is 5.91 Å². The molecule has 2 heterocycles. The quantitative estimate of drug-likeness (QED) is 0.679. The first kappa shape index (κ1) is 18.8. The highest BCUT2D eigenvalue weighted by Crippen LogP contribution is 2.47. The van der Waals surface area contributed by atoms with Crippen LogP contribution in [0.25, 0.3) is 11.1 Å². The number of amides is 1. The largest absolute Gasteiger partial charge is 0.394 e. The van der Waals surface area contributed by atoms with Crippen LogP contribution in [-0.4, -0.2) is 35.1 Å². The van der Waals surface area contributed by atoms with E-state index in [0.29, 0.717) is 17.7 Å². The maximum atomic E-state index is 14.4. The van der Waals surface area contributed by atoms with E-state index in [1.807, 2.05) is 59.5 Å². The lowest BCUT2D eigenvalue weighted by Crippen LogP contribution is -2.42. The fraction of sp³-hybridized carbons (Fsp3) is 0.240. The zero-order valence-corrected chi connectivity index (χ0v) is 16.5. The van der Waals surface area contributed by atoms with Gasteiger partial charge in [0.2, 0.25) is 0 Å². The second-order valence-electron chi connectivity index (χ2n) is 7.98. The third kappa shape index (κ3) is 3.06. The van der Waals surface area contributed by atoms with Crippen LogP contribution < -0.4 is 5.32 Å². The van der Waals surface area contributed by atoms with Gasteiger partial charge in [0.1, 0.15) is 5.82 Å². The fourth-order valence-corrected chi connectivity index (χ4v) is 4.90. The lowest BCUT2D eigenvalue weighted by molar-refractivity contribution is 0.0701. The molecule has 3 atom stereocenters. The molecule has 0 aliphatic carbocycles. The number of aliphatic hydroxyl groups is 1. The SMILES string of the molecule is O=C(c1ccccc1)N1CC[C@@H]2[C@@H](CO)Nc3ccc(-c4ccccc4F)cc3[C@@H]21. The maximum Gasteiger partial charge on any atom is 0.254 e. The third-order valence-corrected chi connectivity index (χ3v) is 6.34. The van der Waals surface area contributed by atoms with Gasteiger partial charge in [-0.3, -0.25) is 4.79 Å². The zero-order chi connectivity index (χ0) is 20.7. The Hall–Kier alpha value is -3.18. The van der Waals surface area contributed by atoms with Crippen LogP contribution in [-0.2, 0) is 0 Å². The smallest absolute Gasteiger partial charge is 0.254 e. The molecule has 152 valence electrons. The number of hydrogen-bond donors (Lipinski definition) is 2. The summed E-state index contributed by atoms with van der Waals surface area (Å²) < 4.78 is 14.4. The monoisotopic (exact) mass is 402 g/mol. The van der Waals surface area contributed by atoms with Gasteiger partial charge in [-0.1, -0.05) is 42.5 Å². The molecule has 1 amide bonds. The highest BCUT2D eigenvalue weighted by molar-refractivity contribution is 5.95. The number of likely N-dealkylation sites (tertiary alicyclic amines) is 1. The van der Waals surface area contributed by atoms with E-state index in [2.05, 4.69) is 5.32 Å². The molecule has 5 rings (SSSR count). The average Bonchev–Trinajstić information content (AvgIpc) is 3.24. The van der Waals surface area contributed by atoms with E-state index in [1.165, 1.54) is 6.07 Å². The predicted molar refractivity (Wildman–Crippen MR) is 115 cm³/mol. The molecule has 2 aliphatic heterocycles. The number of halogens is 1. The summed E-state index contributed by atoms with van der Waals surface area (Å²) in [6, 6.07) is 21.5. The van der Waals surface area contributed by atoms with E-state index in [9.17, 15) is 14.3 Å². The molecule has 2 aliphatic rings. The normalized spacial score (nSPS) is 22.2. The number of aliphatic hydroxyl groups excluding tert-OH is 1. The highest BCUT2D eigenvalue weighted by Gasteiger charge is 2.45. The first-order valence-corrected chi connectivity index (χ1v) is 10.3. The number of carbonyl (C=O) groups excluding carboxylic acids is 1. The second kappa shape index (κ2) is 7.58. The van der Waals surface area contributed by atoms with Crippen molar-refractivity contribution in [2.45, 2.75) is 18.5 Å². The van der Waals surface area contributed by atoms with Crippen molar-refractivity contribution in [1.29, 1.82) is 0 Å². The van der Waals surface area contributed by atoms with Crippen molar-refractivity contribution in [2.24, 2.45) is 5.92 Å². The van der Waals surface area contributed by atoms with Gasteiger partial charge in [0, 0.05) is 29.3 Å². The summed E-state index contributed by atoms with van der Waals surface area (Å²) in [5.74, 6) is -0.176. The average molecular weight is 402 g/mol. The molecule has 4 nitrogen and oxygen atoms in total. The Labute approximate surface area is 175 Å². The molecule has 3 aromatic rings. The second-order valence-corrected chi connectivity index (χ2v) is 7.98. The molecule has 5 heteroatoms. The van der Waals surface area contributed by atoms with Crippen molar-refractivity contribution in [3.8, 4) is 11.1 Å². The first-order valence-electron chi connectivity index (χ1n) is 10.3. The molecule has 3 aromatic carbocycles. The minimum absolute atomic E-state index is 0.00301. The fourth-order valence-electron chi connectivity index (χ4n) is 4.90. The van der Waals surface area contributed by atoms with E-state index >= 15 is 0 Å². The maximum absolute atomic E-state index is 14.4. The van der Waals surface area contributed by atoms with Gasteiger partial charge in [-0.25, -0.2) is 4.39 Å². The first-order chi connectivity index (χ1) is 14.7. The Kier molecular flexibility index (Phi) is 4.75. The number of hydrogen-bond acceptors (Lipinski definition) is 3. The predicted octanol–water partition coefficient (Wildman–Crippen LogP) is 4.48. The number of anilines is 1. The van der Waals surface area contributed by atoms with Crippen LogP contribution in [0.5, 0.6) is 0 Å². The molecule has 0 aromatic heterocycles. The van der Waals surface area contributed by atoms with Crippen LogP contribution in [0.3, 0.4) is 0 Å². The molecule has 2 N–H and O–H groups in total. The van der Waals surface area contributed by atoms with Crippen LogP contribution in [0.4, 0.5) is 10.1 Å². The molecule has 0 saturated carbocycles. The van der Waals surface area contributed by atoms with Gasteiger partial charge >= 0.3 is 0 Å². The van der Waals surface area contributed by atoms with Gasteiger partial charge in [-0.05, 0) is 47.9 Å². The molecule has 0 radical (unpaired) electrons. The minimum atomic E-state index is -0.269. The Morgan fingerprint density at radius 2 is 1.83 bits per heavy atom. The molecule has 1 saturated heterocycles. The van der Waals surface area contributed by atoms with Crippen molar-refractivity contribution in [3.05, 3.63) is 89.7 Å². The lowest BCUT2D eigenvalue weighted by Gasteiger charge is -2.39. The van der Waals surface area contributed by atoms with E-state index < -0.39 is 0 Å². The minimum Gasteiger partial charge on any atom is -0.394 e.